The van der Waals surface area contributed by atoms with Crippen LogP contribution in [0.2, 0.25) is 0 Å². The fourth-order valence-corrected chi connectivity index (χ4v) is 1.18. The summed E-state index contributed by atoms with van der Waals surface area (Å²) >= 11 is 0. The fourth-order valence-electron chi connectivity index (χ4n) is 1.18. The third-order valence-electron chi connectivity index (χ3n) is 2.55. The molecule has 0 aromatic heterocycles. The maximum atomic E-state index is 3.85. The molecule has 0 aliphatic heterocycles. The van der Waals surface area contributed by atoms with Gasteiger partial charge in [-0.3, -0.25) is 0 Å². The van der Waals surface area contributed by atoms with E-state index < -0.39 is 0 Å². The van der Waals surface area contributed by atoms with Gasteiger partial charge in [0.05, 0.1) is 0 Å². The first-order chi connectivity index (χ1) is 4.24. The molecule has 1 nitrogen and oxygen atoms in total. The Bertz CT molecular complexity index is 79.3. The summed E-state index contributed by atoms with van der Waals surface area (Å²) in [6, 6.07) is 0. The van der Waals surface area contributed by atoms with E-state index in [1.165, 1.54) is 19.3 Å². The van der Waals surface area contributed by atoms with Gasteiger partial charge in [0.25, 0.3) is 0 Å². The molecule has 0 aromatic carbocycles. The molecule has 2 heteroatoms. The number of hydrogen-bond donors (Lipinski definition) is 1. The SMILES string of the molecule is C=CC(CC)(CC)CC.Cl.N. The van der Waals surface area contributed by atoms with Crippen molar-refractivity contribution in [1.29, 1.82) is 0 Å². The summed E-state index contributed by atoms with van der Waals surface area (Å²) in [6.07, 6.45) is 5.78. The van der Waals surface area contributed by atoms with Crippen LogP contribution in [0.4, 0.5) is 0 Å². The third kappa shape index (κ3) is 4.44. The number of halogens is 1. The largest absolute Gasteiger partial charge is 0.344 e. The van der Waals surface area contributed by atoms with E-state index in [0.29, 0.717) is 5.41 Å². The van der Waals surface area contributed by atoms with Gasteiger partial charge in [-0.05, 0) is 24.7 Å². The summed E-state index contributed by atoms with van der Waals surface area (Å²) < 4.78 is 0. The molecule has 0 atom stereocenters. The van der Waals surface area contributed by atoms with E-state index >= 15 is 0 Å². The lowest BCUT2D eigenvalue weighted by Gasteiger charge is -2.25. The van der Waals surface area contributed by atoms with E-state index in [1.54, 1.807) is 0 Å². The maximum Gasteiger partial charge on any atom is -0.0129 e. The van der Waals surface area contributed by atoms with Crippen molar-refractivity contribution in [2.45, 2.75) is 40.0 Å². The second-order valence-electron chi connectivity index (χ2n) is 2.63. The molecule has 0 bridgehead atoms. The van der Waals surface area contributed by atoms with Crippen LogP contribution in [-0.4, -0.2) is 0 Å². The zero-order valence-electron chi connectivity index (χ0n) is 8.02. The topological polar surface area (TPSA) is 35.0 Å². The fraction of sp³-hybridized carbons (Fsp3) is 0.778. The van der Waals surface area contributed by atoms with Crippen molar-refractivity contribution < 1.29 is 0 Å². The summed E-state index contributed by atoms with van der Waals surface area (Å²) in [4.78, 5) is 0. The van der Waals surface area contributed by atoms with Gasteiger partial charge in [0.15, 0.2) is 0 Å². The van der Waals surface area contributed by atoms with Crippen molar-refractivity contribution in [2.75, 3.05) is 0 Å². The van der Waals surface area contributed by atoms with Gasteiger partial charge < -0.3 is 6.15 Å². The third-order valence-corrected chi connectivity index (χ3v) is 2.55. The summed E-state index contributed by atoms with van der Waals surface area (Å²) in [6.45, 7) is 10.5. The Morgan fingerprint density at radius 2 is 1.36 bits per heavy atom. The highest BCUT2D eigenvalue weighted by Gasteiger charge is 2.18. The minimum atomic E-state index is 0. The second-order valence-corrected chi connectivity index (χ2v) is 2.63. The molecule has 11 heavy (non-hydrogen) atoms. The first-order valence-corrected chi connectivity index (χ1v) is 3.88. The Morgan fingerprint density at radius 1 is 1.09 bits per heavy atom. The molecule has 0 radical (unpaired) electrons. The van der Waals surface area contributed by atoms with Crippen molar-refractivity contribution in [3.05, 3.63) is 12.7 Å². The van der Waals surface area contributed by atoms with Gasteiger partial charge in [-0.2, -0.15) is 0 Å². The summed E-state index contributed by atoms with van der Waals surface area (Å²) in [5.74, 6) is 0. The first kappa shape index (κ1) is 17.2. The predicted octanol–water partition coefficient (Wildman–Crippen LogP) is 3.97. The minimum absolute atomic E-state index is 0. The second kappa shape index (κ2) is 8.09. The molecule has 0 spiro atoms. The normalized spacial score (nSPS) is 9.36. The number of allylic oxidation sites excluding steroid dienone is 1. The zero-order valence-corrected chi connectivity index (χ0v) is 8.84. The predicted molar refractivity (Wildman–Crippen MR) is 55.8 cm³/mol. The Balaban J connectivity index is -0.000000320. The summed E-state index contributed by atoms with van der Waals surface area (Å²) in [5.41, 5.74) is 0.431. The zero-order chi connectivity index (χ0) is 7.33. The van der Waals surface area contributed by atoms with E-state index in [0.717, 1.165) is 0 Å². The van der Waals surface area contributed by atoms with Gasteiger partial charge >= 0.3 is 0 Å². The average Bonchev–Trinajstić information content (AvgIpc) is 1.95. The van der Waals surface area contributed by atoms with E-state index in [9.17, 15) is 0 Å². The van der Waals surface area contributed by atoms with E-state index in [1.807, 2.05) is 0 Å². The Hall–Kier alpha value is -0.0100. The van der Waals surface area contributed by atoms with Crippen molar-refractivity contribution in [3.63, 3.8) is 0 Å². The smallest absolute Gasteiger partial charge is 0.0129 e. The molecule has 0 aliphatic rings. The first-order valence-electron chi connectivity index (χ1n) is 3.88. The van der Waals surface area contributed by atoms with Crippen molar-refractivity contribution >= 4 is 12.4 Å². The van der Waals surface area contributed by atoms with Crippen LogP contribution in [0.3, 0.4) is 0 Å². The van der Waals surface area contributed by atoms with Gasteiger partial charge in [0, 0.05) is 0 Å². The Kier molecular flexibility index (Phi) is 12.6. The molecule has 0 amide bonds. The van der Waals surface area contributed by atoms with Gasteiger partial charge in [-0.25, -0.2) is 0 Å². The summed E-state index contributed by atoms with van der Waals surface area (Å²) in [5, 5.41) is 0. The van der Waals surface area contributed by atoms with Crippen molar-refractivity contribution in [2.24, 2.45) is 5.41 Å². The van der Waals surface area contributed by atoms with Crippen LogP contribution in [0, 0.1) is 5.41 Å². The van der Waals surface area contributed by atoms with Crippen LogP contribution in [-0.2, 0) is 0 Å². The van der Waals surface area contributed by atoms with Crippen molar-refractivity contribution in [3.8, 4) is 0 Å². The van der Waals surface area contributed by atoms with Crippen LogP contribution in [0.1, 0.15) is 40.0 Å². The molecule has 70 valence electrons. The molecule has 3 N–H and O–H groups in total. The average molecular weight is 180 g/mol. The van der Waals surface area contributed by atoms with E-state index in [2.05, 4.69) is 33.4 Å². The van der Waals surface area contributed by atoms with Gasteiger partial charge in [-0.1, -0.05) is 26.8 Å². The molecule has 0 aliphatic carbocycles. The highest BCUT2D eigenvalue weighted by atomic mass is 35.5. The van der Waals surface area contributed by atoms with Crippen LogP contribution in [0.5, 0.6) is 0 Å². The number of rotatable bonds is 4. The van der Waals surface area contributed by atoms with Gasteiger partial charge in [0.1, 0.15) is 0 Å². The van der Waals surface area contributed by atoms with Gasteiger partial charge in [0.2, 0.25) is 0 Å². The molecular formula is C9H22ClN. The lowest BCUT2D eigenvalue weighted by Crippen LogP contribution is -2.12. The van der Waals surface area contributed by atoms with Crippen LogP contribution >= 0.6 is 12.4 Å². The lowest BCUT2D eigenvalue weighted by atomic mass is 9.80. The maximum absolute atomic E-state index is 3.85. The molecule has 0 saturated carbocycles. The summed E-state index contributed by atoms with van der Waals surface area (Å²) in [7, 11) is 0. The molecule has 0 heterocycles. The molecule has 0 saturated heterocycles. The minimum Gasteiger partial charge on any atom is -0.344 e. The quantitative estimate of drug-likeness (QED) is 0.652. The molecule has 0 unspecified atom stereocenters. The monoisotopic (exact) mass is 179 g/mol. The van der Waals surface area contributed by atoms with Crippen LogP contribution < -0.4 is 6.15 Å². The van der Waals surface area contributed by atoms with E-state index in [-0.39, 0.29) is 18.6 Å². The van der Waals surface area contributed by atoms with Crippen LogP contribution in [0.25, 0.3) is 0 Å². The highest BCUT2D eigenvalue weighted by molar-refractivity contribution is 5.85. The number of hydrogen-bond acceptors (Lipinski definition) is 1. The molecular weight excluding hydrogens is 158 g/mol. The molecule has 0 rings (SSSR count). The lowest BCUT2D eigenvalue weighted by molar-refractivity contribution is 0.340. The Morgan fingerprint density at radius 3 is 1.36 bits per heavy atom. The molecule has 0 fully saturated rings. The van der Waals surface area contributed by atoms with Crippen LogP contribution in [0.15, 0.2) is 12.7 Å². The van der Waals surface area contributed by atoms with Gasteiger partial charge in [-0.15, -0.1) is 19.0 Å². The molecule has 0 aromatic rings. The standard InChI is InChI=1S/C9H18.ClH.H3N/c1-5-9(6-2,7-3)8-4;;/h5H,1,6-8H2,2-4H3;1H;1H3. The Labute approximate surface area is 77.3 Å². The van der Waals surface area contributed by atoms with Crippen molar-refractivity contribution in [1.82, 2.24) is 6.15 Å². The van der Waals surface area contributed by atoms with E-state index in [4.69, 9.17) is 0 Å². The highest BCUT2D eigenvalue weighted by Crippen LogP contribution is 2.30.